The van der Waals surface area contributed by atoms with Gasteiger partial charge in [0.2, 0.25) is 0 Å². The van der Waals surface area contributed by atoms with E-state index in [1.54, 1.807) is 13.3 Å². The van der Waals surface area contributed by atoms with Gasteiger partial charge >= 0.3 is 0 Å². The molecule has 0 spiro atoms. The first-order valence-corrected chi connectivity index (χ1v) is 11.9. The van der Waals surface area contributed by atoms with Gasteiger partial charge in [-0.1, -0.05) is 0 Å². The number of hydrazine groups is 1. The van der Waals surface area contributed by atoms with E-state index in [0.29, 0.717) is 30.3 Å². The van der Waals surface area contributed by atoms with E-state index in [1.807, 2.05) is 30.5 Å². The molecule has 9 heteroatoms. The molecule has 1 aromatic carbocycles. The van der Waals surface area contributed by atoms with Crippen molar-refractivity contribution in [3.8, 4) is 17.0 Å². The Morgan fingerprint density at radius 1 is 1.12 bits per heavy atom. The molecule has 3 aromatic rings. The Balaban J connectivity index is 1.27. The van der Waals surface area contributed by atoms with Gasteiger partial charge < -0.3 is 19.3 Å². The van der Waals surface area contributed by atoms with Crippen LogP contribution in [0.1, 0.15) is 30.3 Å². The number of ether oxygens (including phenoxy) is 3. The number of nitrogens with zero attached hydrogens (tertiary/aromatic N) is 5. The van der Waals surface area contributed by atoms with E-state index in [-0.39, 0.29) is 12.7 Å². The molecule has 3 fully saturated rings. The van der Waals surface area contributed by atoms with E-state index in [0.717, 1.165) is 54.0 Å². The largest absolute Gasteiger partial charge is 0.496 e. The normalized spacial score (nSPS) is 25.6. The van der Waals surface area contributed by atoms with Gasteiger partial charge in [0, 0.05) is 54.1 Å². The first kappa shape index (κ1) is 21.8. The first-order chi connectivity index (χ1) is 16.7. The average molecular weight is 464 g/mol. The van der Waals surface area contributed by atoms with Crippen LogP contribution in [0.15, 0.2) is 36.7 Å². The second-order valence-corrected chi connectivity index (χ2v) is 9.12. The van der Waals surface area contributed by atoms with E-state index < -0.39 is 0 Å². The molecule has 34 heavy (non-hydrogen) atoms. The fourth-order valence-electron chi connectivity index (χ4n) is 5.38. The van der Waals surface area contributed by atoms with Crippen molar-refractivity contribution in [2.24, 2.45) is 0 Å². The van der Waals surface area contributed by atoms with E-state index in [1.165, 1.54) is 12.8 Å². The number of aromatic nitrogens is 3. The van der Waals surface area contributed by atoms with Crippen molar-refractivity contribution >= 4 is 10.9 Å². The van der Waals surface area contributed by atoms with E-state index in [2.05, 4.69) is 20.0 Å². The molecule has 2 aromatic heterocycles. The summed E-state index contributed by atoms with van der Waals surface area (Å²) in [5, 5.41) is 15.5. The maximum atomic E-state index is 9.68. The molecular weight excluding hydrogens is 434 g/mol. The van der Waals surface area contributed by atoms with E-state index >= 15 is 0 Å². The van der Waals surface area contributed by atoms with Crippen molar-refractivity contribution in [1.29, 1.82) is 0 Å². The van der Waals surface area contributed by atoms with Crippen LogP contribution >= 0.6 is 0 Å². The zero-order chi connectivity index (χ0) is 23.1. The van der Waals surface area contributed by atoms with Crippen molar-refractivity contribution in [3.63, 3.8) is 0 Å². The Labute approximate surface area is 198 Å². The topological polar surface area (TPSA) is 93.1 Å². The molecule has 1 N–H and O–H groups in total. The summed E-state index contributed by atoms with van der Waals surface area (Å²) < 4.78 is 17.2. The number of aliphatic hydroxyl groups excluding tert-OH is 1. The lowest BCUT2D eigenvalue weighted by Gasteiger charge is -2.45. The van der Waals surface area contributed by atoms with E-state index in [4.69, 9.17) is 19.2 Å². The molecule has 9 nitrogen and oxygen atoms in total. The number of rotatable bonds is 5. The summed E-state index contributed by atoms with van der Waals surface area (Å²) in [6.07, 6.45) is 5.81. The molecule has 0 aliphatic carbocycles. The van der Waals surface area contributed by atoms with Crippen LogP contribution in [-0.4, -0.2) is 82.2 Å². The van der Waals surface area contributed by atoms with Gasteiger partial charge in [-0.3, -0.25) is 4.98 Å². The SMILES string of the molecule is COc1ccc(-c2cc3nc(C4CN(N5[C@@H]6CC[C@H]5COC6)CCO4)ncc3cn2)cc1CO. The Hall–Kier alpha value is -2.69. The van der Waals surface area contributed by atoms with Crippen molar-refractivity contribution in [1.82, 2.24) is 25.0 Å². The molecule has 3 aliphatic rings. The number of benzene rings is 1. The summed E-state index contributed by atoms with van der Waals surface area (Å²) in [5.74, 6) is 1.35. The van der Waals surface area contributed by atoms with Gasteiger partial charge in [-0.25, -0.2) is 20.0 Å². The minimum atomic E-state index is -0.181. The standard InChI is InChI=1S/C25H29N5O4/c1-32-23-5-2-16(8-17(23)13-31)21-9-22-18(10-26-21)11-27-25(28-22)24-12-29(6-7-34-24)30-19-3-4-20(30)15-33-14-19/h2,5,8-11,19-20,24,31H,3-4,6-7,12-15H2,1H3/t19-,20+,24?. The van der Waals surface area contributed by atoms with Crippen LogP contribution in [0.2, 0.25) is 0 Å². The fraction of sp³-hybridized carbons (Fsp3) is 0.480. The minimum absolute atomic E-state index is 0.0999. The quantitative estimate of drug-likeness (QED) is 0.612. The number of aliphatic hydroxyl groups is 1. The number of hydrogen-bond donors (Lipinski definition) is 1. The highest BCUT2D eigenvalue weighted by atomic mass is 16.5. The van der Waals surface area contributed by atoms with Gasteiger partial charge in [-0.05, 0) is 37.1 Å². The first-order valence-electron chi connectivity index (χ1n) is 11.9. The van der Waals surface area contributed by atoms with Crippen LogP contribution in [0.25, 0.3) is 22.2 Å². The Morgan fingerprint density at radius 2 is 1.94 bits per heavy atom. The Morgan fingerprint density at radius 3 is 2.74 bits per heavy atom. The monoisotopic (exact) mass is 463 g/mol. The molecule has 3 aliphatic heterocycles. The summed E-state index contributed by atoms with van der Waals surface area (Å²) in [6.45, 7) is 3.80. The molecule has 3 saturated heterocycles. The summed E-state index contributed by atoms with van der Waals surface area (Å²) in [6, 6.07) is 8.59. The third-order valence-corrected chi connectivity index (χ3v) is 7.09. The number of pyridine rings is 1. The minimum Gasteiger partial charge on any atom is -0.496 e. The van der Waals surface area contributed by atoms with Crippen molar-refractivity contribution in [2.45, 2.75) is 37.6 Å². The second-order valence-electron chi connectivity index (χ2n) is 9.12. The van der Waals surface area contributed by atoms with Crippen molar-refractivity contribution in [3.05, 3.63) is 48.0 Å². The predicted molar refractivity (Wildman–Crippen MR) is 125 cm³/mol. The molecule has 178 valence electrons. The molecule has 0 saturated carbocycles. The lowest BCUT2D eigenvalue weighted by molar-refractivity contribution is -0.181. The average Bonchev–Trinajstić information content (AvgIpc) is 3.15. The highest BCUT2D eigenvalue weighted by molar-refractivity contribution is 5.81. The summed E-state index contributed by atoms with van der Waals surface area (Å²) >= 11 is 0. The van der Waals surface area contributed by atoms with Crippen molar-refractivity contribution < 1.29 is 19.3 Å². The Bertz CT molecular complexity index is 1180. The van der Waals surface area contributed by atoms with Crippen molar-refractivity contribution in [2.75, 3.05) is 40.0 Å². The van der Waals surface area contributed by atoms with Crippen LogP contribution in [0, 0.1) is 0 Å². The van der Waals surface area contributed by atoms with Crippen LogP contribution in [0.4, 0.5) is 0 Å². The molecule has 3 atom stereocenters. The third kappa shape index (κ3) is 3.93. The number of methoxy groups -OCH3 is 1. The van der Waals surface area contributed by atoms with Crippen LogP contribution < -0.4 is 4.74 Å². The summed E-state index contributed by atoms with van der Waals surface area (Å²) in [7, 11) is 1.60. The summed E-state index contributed by atoms with van der Waals surface area (Å²) in [4.78, 5) is 14.1. The van der Waals surface area contributed by atoms with Gasteiger partial charge in [-0.2, -0.15) is 0 Å². The number of fused-ring (bicyclic) bond motifs is 3. The molecule has 0 radical (unpaired) electrons. The molecule has 6 rings (SSSR count). The molecule has 5 heterocycles. The maximum absolute atomic E-state index is 9.68. The lowest BCUT2D eigenvalue weighted by Crippen LogP contribution is -2.58. The van der Waals surface area contributed by atoms with Crippen LogP contribution in [0.3, 0.4) is 0 Å². The van der Waals surface area contributed by atoms with Gasteiger partial charge in [0.1, 0.15) is 11.9 Å². The van der Waals surface area contributed by atoms with Gasteiger partial charge in [0.15, 0.2) is 5.82 Å². The van der Waals surface area contributed by atoms with Gasteiger partial charge in [0.05, 0.1) is 44.7 Å². The smallest absolute Gasteiger partial charge is 0.159 e. The highest BCUT2D eigenvalue weighted by Crippen LogP contribution is 2.33. The molecule has 1 unspecified atom stereocenters. The predicted octanol–water partition coefficient (Wildman–Crippen LogP) is 2.34. The van der Waals surface area contributed by atoms with Gasteiger partial charge in [-0.15, -0.1) is 0 Å². The number of morpholine rings is 2. The fourth-order valence-corrected chi connectivity index (χ4v) is 5.38. The maximum Gasteiger partial charge on any atom is 0.159 e. The third-order valence-electron chi connectivity index (χ3n) is 7.09. The lowest BCUT2D eigenvalue weighted by atomic mass is 10.1. The Kier molecular flexibility index (Phi) is 5.88. The highest BCUT2D eigenvalue weighted by Gasteiger charge is 2.42. The van der Waals surface area contributed by atoms with Gasteiger partial charge in [0.25, 0.3) is 0 Å². The summed E-state index contributed by atoms with van der Waals surface area (Å²) in [5.41, 5.74) is 3.22. The van der Waals surface area contributed by atoms with Crippen LogP contribution in [-0.2, 0) is 16.1 Å². The zero-order valence-corrected chi connectivity index (χ0v) is 19.3. The molecule has 0 amide bonds. The zero-order valence-electron chi connectivity index (χ0n) is 19.3. The molecule has 2 bridgehead atoms. The van der Waals surface area contributed by atoms with Crippen LogP contribution in [0.5, 0.6) is 5.75 Å². The molecular formula is C25H29N5O4. The van der Waals surface area contributed by atoms with E-state index in [9.17, 15) is 5.11 Å². The number of hydrogen-bond acceptors (Lipinski definition) is 9. The second kappa shape index (κ2) is 9.16.